The largest absolute Gasteiger partial charge is 0.748 e. The first-order valence-corrected chi connectivity index (χ1v) is 11.4. The average molecular weight is 430 g/mol. The van der Waals surface area contributed by atoms with Gasteiger partial charge in [-0.3, -0.25) is 0 Å². The van der Waals surface area contributed by atoms with Crippen LogP contribution in [-0.2, 0) is 23.5 Å². The standard InChI is InChI=1S/C23H33.C5H5.Fe/c1-2-3-4-5-6-7-8-9-10-11-16-21-19-14-15-20-23(21)22-17-12-13-18-22;1-2-4-5-3-1;/h12-15,17-20H,2-11,16H2,1H3;1-5H;/q-1;-5;. The van der Waals surface area contributed by atoms with Crippen molar-refractivity contribution in [3.8, 4) is 11.1 Å². The molecule has 0 amide bonds. The zero-order chi connectivity index (χ0) is 19.7. The van der Waals surface area contributed by atoms with E-state index in [9.17, 15) is 0 Å². The van der Waals surface area contributed by atoms with Crippen LogP contribution < -0.4 is 0 Å². The molecular weight excluding hydrogens is 392 g/mol. The predicted molar refractivity (Wildman–Crippen MR) is 125 cm³/mol. The van der Waals surface area contributed by atoms with Gasteiger partial charge in [-0.15, -0.1) is 29.3 Å². The van der Waals surface area contributed by atoms with Crippen molar-refractivity contribution in [1.29, 1.82) is 0 Å². The Balaban J connectivity index is 0.000000610. The van der Waals surface area contributed by atoms with Crippen molar-refractivity contribution in [3.05, 3.63) is 84.4 Å². The van der Waals surface area contributed by atoms with E-state index in [1.165, 1.54) is 87.3 Å². The van der Waals surface area contributed by atoms with Crippen molar-refractivity contribution in [2.24, 2.45) is 0 Å². The van der Waals surface area contributed by atoms with Crippen molar-refractivity contribution >= 4 is 0 Å². The molecule has 3 aromatic carbocycles. The first-order valence-electron chi connectivity index (χ1n) is 11.4. The van der Waals surface area contributed by atoms with E-state index in [4.69, 9.17) is 0 Å². The topological polar surface area (TPSA) is 0 Å². The second kappa shape index (κ2) is 17.3. The minimum absolute atomic E-state index is 0. The summed E-state index contributed by atoms with van der Waals surface area (Å²) < 4.78 is 0. The third-order valence-electron chi connectivity index (χ3n) is 5.35. The van der Waals surface area contributed by atoms with E-state index < -0.39 is 0 Å². The molecule has 3 rings (SSSR count). The van der Waals surface area contributed by atoms with Crippen molar-refractivity contribution in [2.45, 2.75) is 77.6 Å². The van der Waals surface area contributed by atoms with E-state index in [2.05, 4.69) is 55.5 Å². The molecule has 0 aliphatic rings. The fraction of sp³-hybridized carbons (Fsp3) is 0.429. The van der Waals surface area contributed by atoms with Crippen LogP contribution in [0.4, 0.5) is 0 Å². The Morgan fingerprint density at radius 1 is 0.621 bits per heavy atom. The van der Waals surface area contributed by atoms with Gasteiger partial charge < -0.3 is 30.3 Å². The minimum atomic E-state index is 0. The quantitative estimate of drug-likeness (QED) is 0.153. The molecule has 0 bridgehead atoms. The Morgan fingerprint density at radius 2 is 1.10 bits per heavy atom. The first-order chi connectivity index (χ1) is 13.9. The zero-order valence-electron chi connectivity index (χ0n) is 18.1. The number of unbranched alkanes of at least 4 members (excludes halogenated alkanes) is 9. The molecule has 3 aromatic rings. The van der Waals surface area contributed by atoms with Crippen molar-refractivity contribution < 1.29 is 17.1 Å². The van der Waals surface area contributed by atoms with Crippen LogP contribution in [0.15, 0.2) is 78.9 Å². The van der Waals surface area contributed by atoms with E-state index in [0.29, 0.717) is 0 Å². The second-order valence-electron chi connectivity index (χ2n) is 7.72. The van der Waals surface area contributed by atoms with Gasteiger partial charge in [0.15, 0.2) is 0 Å². The summed E-state index contributed by atoms with van der Waals surface area (Å²) in [7, 11) is 0. The molecule has 0 radical (unpaired) electrons. The van der Waals surface area contributed by atoms with Gasteiger partial charge in [-0.2, -0.15) is 12.1 Å². The van der Waals surface area contributed by atoms with E-state index in [1.807, 2.05) is 30.3 Å². The summed E-state index contributed by atoms with van der Waals surface area (Å²) in [4.78, 5) is 0. The molecule has 0 fully saturated rings. The van der Waals surface area contributed by atoms with Gasteiger partial charge in [0.05, 0.1) is 0 Å². The van der Waals surface area contributed by atoms with Crippen LogP contribution in [0.5, 0.6) is 0 Å². The molecule has 0 nitrogen and oxygen atoms in total. The maximum atomic E-state index is 2.30. The summed E-state index contributed by atoms with van der Waals surface area (Å²) in [6.45, 7) is 2.29. The van der Waals surface area contributed by atoms with Crippen molar-refractivity contribution in [2.75, 3.05) is 0 Å². The molecule has 0 saturated carbocycles. The monoisotopic (exact) mass is 430 g/mol. The Labute approximate surface area is 190 Å². The van der Waals surface area contributed by atoms with E-state index in [-0.39, 0.29) is 17.1 Å². The summed E-state index contributed by atoms with van der Waals surface area (Å²) in [5, 5.41) is 0. The molecule has 0 aliphatic carbocycles. The van der Waals surface area contributed by atoms with Gasteiger partial charge >= 0.3 is 0 Å². The number of benzene rings is 1. The van der Waals surface area contributed by atoms with E-state index >= 15 is 0 Å². The zero-order valence-corrected chi connectivity index (χ0v) is 19.2. The van der Waals surface area contributed by atoms with Crippen LogP contribution >= 0.6 is 0 Å². The Kier molecular flexibility index (Phi) is 15.2. The number of rotatable bonds is 12. The molecule has 0 N–H and O–H groups in total. The fourth-order valence-electron chi connectivity index (χ4n) is 3.70. The van der Waals surface area contributed by atoms with Gasteiger partial charge in [-0.25, -0.2) is 0 Å². The van der Waals surface area contributed by atoms with Gasteiger partial charge in [0.1, 0.15) is 0 Å². The van der Waals surface area contributed by atoms with Crippen LogP contribution in [0.1, 0.15) is 76.7 Å². The number of hydrogen-bond acceptors (Lipinski definition) is 0. The normalized spacial score (nSPS) is 10.1. The third kappa shape index (κ3) is 11.3. The van der Waals surface area contributed by atoms with Gasteiger partial charge in [0, 0.05) is 17.1 Å². The van der Waals surface area contributed by atoms with Crippen LogP contribution in [0.3, 0.4) is 0 Å². The minimum Gasteiger partial charge on any atom is -0.748 e. The predicted octanol–water partition coefficient (Wildman–Crippen LogP) is 8.94. The molecule has 0 unspecified atom stereocenters. The Hall–Kier alpha value is -1.56. The van der Waals surface area contributed by atoms with Gasteiger partial charge in [-0.1, -0.05) is 101 Å². The van der Waals surface area contributed by atoms with Crippen molar-refractivity contribution in [3.63, 3.8) is 0 Å². The Bertz CT molecular complexity index is 662. The maximum Gasteiger partial charge on any atom is 0 e. The summed E-state index contributed by atoms with van der Waals surface area (Å²) in [5.41, 5.74) is 4.30. The molecule has 164 valence electrons. The molecule has 0 heterocycles. The number of aryl methyl sites for hydroxylation is 1. The van der Waals surface area contributed by atoms with Gasteiger partial charge in [0.2, 0.25) is 0 Å². The van der Waals surface area contributed by atoms with Crippen LogP contribution in [0.2, 0.25) is 0 Å². The molecule has 0 atom stereocenters. The molecule has 0 aromatic heterocycles. The molecular formula is C28H38Fe-6. The average Bonchev–Trinajstić information content (AvgIpc) is 3.46. The van der Waals surface area contributed by atoms with Crippen LogP contribution in [0, 0.1) is 0 Å². The third-order valence-corrected chi connectivity index (χ3v) is 5.35. The fourth-order valence-corrected chi connectivity index (χ4v) is 3.70. The Morgan fingerprint density at radius 3 is 1.66 bits per heavy atom. The number of hydrogen-bond donors (Lipinski definition) is 0. The van der Waals surface area contributed by atoms with Gasteiger partial charge in [-0.05, 0) is 0 Å². The molecule has 29 heavy (non-hydrogen) atoms. The molecule has 0 aliphatic heterocycles. The summed E-state index contributed by atoms with van der Waals surface area (Å²) >= 11 is 0. The summed E-state index contributed by atoms with van der Waals surface area (Å²) in [5.74, 6) is 0. The van der Waals surface area contributed by atoms with Crippen LogP contribution in [0.25, 0.3) is 11.1 Å². The van der Waals surface area contributed by atoms with Crippen LogP contribution in [-0.4, -0.2) is 0 Å². The van der Waals surface area contributed by atoms with E-state index in [0.717, 1.165) is 0 Å². The summed E-state index contributed by atoms with van der Waals surface area (Å²) in [6, 6.07) is 27.6. The van der Waals surface area contributed by atoms with Gasteiger partial charge in [0.25, 0.3) is 0 Å². The second-order valence-corrected chi connectivity index (χ2v) is 7.72. The molecule has 0 saturated heterocycles. The summed E-state index contributed by atoms with van der Waals surface area (Å²) in [6.07, 6.45) is 15.3. The van der Waals surface area contributed by atoms with Crippen molar-refractivity contribution in [1.82, 2.24) is 0 Å². The SMILES string of the molecule is CCCCCCCCCCCCc1ccccc1-[c-]1cccc1.[Fe].[cH-]1[cH-][cH-][cH-][cH-]1. The molecule has 0 spiro atoms. The molecule has 1 heteroatoms. The maximum absolute atomic E-state index is 2.30. The first kappa shape index (κ1) is 25.5. The van der Waals surface area contributed by atoms with E-state index in [1.54, 1.807) is 0 Å². The smallest absolute Gasteiger partial charge is 0 e.